The lowest BCUT2D eigenvalue weighted by Gasteiger charge is -2.43. The molecule has 8 nitrogen and oxygen atoms in total. The van der Waals surface area contributed by atoms with Gasteiger partial charge in [-0.05, 0) is 36.2 Å². The molecule has 3 unspecified atom stereocenters. The summed E-state index contributed by atoms with van der Waals surface area (Å²) in [6.45, 7) is 6.02. The summed E-state index contributed by atoms with van der Waals surface area (Å²) in [4.78, 5) is 44.6. The van der Waals surface area contributed by atoms with Gasteiger partial charge in [0.1, 0.15) is 23.9 Å². The zero-order valence-corrected chi connectivity index (χ0v) is 19.1. The molecule has 2 aliphatic rings. The minimum absolute atomic E-state index is 0.0600. The number of imidazole rings is 1. The first-order valence-electron chi connectivity index (χ1n) is 11.1. The van der Waals surface area contributed by atoms with Gasteiger partial charge in [0.15, 0.2) is 0 Å². The summed E-state index contributed by atoms with van der Waals surface area (Å²) in [5, 5.41) is 5.89. The zero-order chi connectivity index (χ0) is 23.1. The summed E-state index contributed by atoms with van der Waals surface area (Å²) in [7, 11) is 1.86. The molecular formula is C24H31N5O3. The standard InChI is InChI=1S/C24H31N5O3/c1-16-12-23(2,3)15-24(13-16)21(31)29(22(32)27-24)14-18(30)26-19(17-8-6-5-7-9-17)20-25-10-11-28(20)4/h5-11,16,19H,12-15H2,1-4H3,(H,26,30)(H,27,32). The van der Waals surface area contributed by atoms with E-state index in [4.69, 9.17) is 0 Å². The summed E-state index contributed by atoms with van der Waals surface area (Å²) >= 11 is 0. The number of rotatable bonds is 5. The molecule has 3 atom stereocenters. The SMILES string of the molecule is CC1CC(C)(C)CC2(C1)NC(=O)N(CC(=O)NC(c1ccccc1)c1nccn1C)C2=O. The van der Waals surface area contributed by atoms with E-state index in [1.165, 1.54) is 0 Å². The number of carbonyl (C=O) groups is 3. The van der Waals surface area contributed by atoms with Crippen LogP contribution in [0.3, 0.4) is 0 Å². The molecule has 2 N–H and O–H groups in total. The van der Waals surface area contributed by atoms with Crippen LogP contribution in [-0.2, 0) is 16.6 Å². The molecule has 2 heterocycles. The summed E-state index contributed by atoms with van der Waals surface area (Å²) < 4.78 is 1.84. The van der Waals surface area contributed by atoms with Gasteiger partial charge in [-0.3, -0.25) is 14.5 Å². The molecule has 1 saturated heterocycles. The van der Waals surface area contributed by atoms with Gasteiger partial charge < -0.3 is 15.2 Å². The van der Waals surface area contributed by atoms with Crippen LogP contribution in [0.4, 0.5) is 4.79 Å². The number of benzene rings is 1. The van der Waals surface area contributed by atoms with Crippen molar-refractivity contribution in [2.45, 2.75) is 51.6 Å². The molecule has 1 spiro atoms. The monoisotopic (exact) mass is 437 g/mol. The van der Waals surface area contributed by atoms with Crippen LogP contribution in [-0.4, -0.2) is 44.4 Å². The molecule has 32 heavy (non-hydrogen) atoms. The molecule has 2 aromatic rings. The largest absolute Gasteiger partial charge is 0.341 e. The van der Waals surface area contributed by atoms with Crippen LogP contribution in [0.5, 0.6) is 0 Å². The minimum Gasteiger partial charge on any atom is -0.341 e. The number of urea groups is 1. The maximum Gasteiger partial charge on any atom is 0.325 e. The molecule has 4 amide bonds. The van der Waals surface area contributed by atoms with Crippen molar-refractivity contribution < 1.29 is 14.4 Å². The molecule has 1 aromatic carbocycles. The second-order valence-electron chi connectivity index (χ2n) is 10.1. The molecule has 8 heteroatoms. The number of nitrogens with one attached hydrogen (secondary N) is 2. The van der Waals surface area contributed by atoms with E-state index >= 15 is 0 Å². The molecule has 0 bridgehead atoms. The van der Waals surface area contributed by atoms with Gasteiger partial charge in [0, 0.05) is 19.4 Å². The van der Waals surface area contributed by atoms with Gasteiger partial charge in [0.05, 0.1) is 0 Å². The van der Waals surface area contributed by atoms with E-state index in [0.717, 1.165) is 16.9 Å². The smallest absolute Gasteiger partial charge is 0.325 e. The first-order valence-corrected chi connectivity index (χ1v) is 11.1. The van der Waals surface area contributed by atoms with E-state index in [0.29, 0.717) is 24.6 Å². The lowest BCUT2D eigenvalue weighted by Crippen LogP contribution is -2.54. The van der Waals surface area contributed by atoms with Gasteiger partial charge in [0.25, 0.3) is 5.91 Å². The normalized spacial score (nSPS) is 25.6. The second kappa shape index (κ2) is 8.07. The van der Waals surface area contributed by atoms with Gasteiger partial charge in [-0.1, -0.05) is 51.1 Å². The molecular weight excluding hydrogens is 406 g/mol. The number of carbonyl (C=O) groups excluding carboxylic acids is 3. The Bertz CT molecular complexity index is 1030. The minimum atomic E-state index is -0.920. The van der Waals surface area contributed by atoms with Crippen LogP contribution in [0.2, 0.25) is 0 Å². The first kappa shape index (κ1) is 22.0. The van der Waals surface area contributed by atoms with Crippen LogP contribution >= 0.6 is 0 Å². The summed E-state index contributed by atoms with van der Waals surface area (Å²) in [5.74, 6) is 0.264. The van der Waals surface area contributed by atoms with Crippen molar-refractivity contribution in [1.82, 2.24) is 25.1 Å². The fourth-order valence-electron chi connectivity index (χ4n) is 5.60. The van der Waals surface area contributed by atoms with E-state index in [-0.39, 0.29) is 17.9 Å². The quantitative estimate of drug-likeness (QED) is 0.703. The average molecular weight is 438 g/mol. The van der Waals surface area contributed by atoms with E-state index < -0.39 is 23.5 Å². The van der Waals surface area contributed by atoms with Crippen LogP contribution in [0.1, 0.15) is 57.5 Å². The Kier molecular flexibility index (Phi) is 5.56. The highest BCUT2D eigenvalue weighted by atomic mass is 16.2. The molecule has 170 valence electrons. The topological polar surface area (TPSA) is 96.3 Å². The molecule has 1 aromatic heterocycles. The Morgan fingerprint density at radius 2 is 1.97 bits per heavy atom. The number of aryl methyl sites for hydroxylation is 1. The van der Waals surface area contributed by atoms with Gasteiger partial charge in [-0.2, -0.15) is 0 Å². The van der Waals surface area contributed by atoms with Crippen molar-refractivity contribution in [2.75, 3.05) is 6.54 Å². The van der Waals surface area contributed by atoms with E-state index in [9.17, 15) is 14.4 Å². The lowest BCUT2D eigenvalue weighted by molar-refractivity contribution is -0.137. The highest BCUT2D eigenvalue weighted by Crippen LogP contribution is 2.46. The molecule has 1 saturated carbocycles. The van der Waals surface area contributed by atoms with Crippen molar-refractivity contribution in [3.63, 3.8) is 0 Å². The van der Waals surface area contributed by atoms with Crippen LogP contribution in [0, 0.1) is 11.3 Å². The number of hydrogen-bond donors (Lipinski definition) is 2. The third-order valence-electron chi connectivity index (χ3n) is 6.48. The van der Waals surface area contributed by atoms with Gasteiger partial charge >= 0.3 is 6.03 Å². The van der Waals surface area contributed by atoms with Gasteiger partial charge in [-0.15, -0.1) is 0 Å². The predicted molar refractivity (Wildman–Crippen MR) is 119 cm³/mol. The van der Waals surface area contributed by atoms with Crippen molar-refractivity contribution in [3.05, 3.63) is 54.1 Å². The zero-order valence-electron chi connectivity index (χ0n) is 19.1. The van der Waals surface area contributed by atoms with E-state index in [2.05, 4.69) is 36.4 Å². The summed E-state index contributed by atoms with van der Waals surface area (Å²) in [5.41, 5.74) is -0.112. The third-order valence-corrected chi connectivity index (χ3v) is 6.48. The third kappa shape index (κ3) is 4.13. The Hall–Kier alpha value is -3.16. The predicted octanol–water partition coefficient (Wildman–Crippen LogP) is 2.76. The summed E-state index contributed by atoms with van der Waals surface area (Å²) in [6.07, 6.45) is 5.65. The molecule has 2 fully saturated rings. The maximum atomic E-state index is 13.3. The first-order chi connectivity index (χ1) is 15.1. The van der Waals surface area contributed by atoms with E-state index in [1.54, 1.807) is 6.20 Å². The Morgan fingerprint density at radius 1 is 1.25 bits per heavy atom. The van der Waals surface area contributed by atoms with Crippen molar-refractivity contribution in [3.8, 4) is 0 Å². The molecule has 0 radical (unpaired) electrons. The number of nitrogens with zero attached hydrogens (tertiary/aromatic N) is 3. The molecule has 4 rings (SSSR count). The maximum absolute atomic E-state index is 13.3. The molecule has 1 aliphatic heterocycles. The van der Waals surface area contributed by atoms with Crippen molar-refractivity contribution in [1.29, 1.82) is 0 Å². The summed E-state index contributed by atoms with van der Waals surface area (Å²) in [6, 6.07) is 8.52. The van der Waals surface area contributed by atoms with Crippen LogP contribution in [0.25, 0.3) is 0 Å². The number of imide groups is 1. The van der Waals surface area contributed by atoms with E-state index in [1.807, 2.05) is 48.1 Å². The average Bonchev–Trinajstić information content (AvgIpc) is 3.22. The Morgan fingerprint density at radius 3 is 2.59 bits per heavy atom. The van der Waals surface area contributed by atoms with Crippen LogP contribution < -0.4 is 10.6 Å². The van der Waals surface area contributed by atoms with Gasteiger partial charge in [0.2, 0.25) is 5.91 Å². The molecule has 1 aliphatic carbocycles. The number of aromatic nitrogens is 2. The second-order valence-corrected chi connectivity index (χ2v) is 10.1. The van der Waals surface area contributed by atoms with Crippen LogP contribution in [0.15, 0.2) is 42.7 Å². The fraction of sp³-hybridized carbons (Fsp3) is 0.500. The fourth-order valence-corrected chi connectivity index (χ4v) is 5.60. The Balaban J connectivity index is 1.52. The number of amides is 4. The van der Waals surface area contributed by atoms with Crippen molar-refractivity contribution in [2.24, 2.45) is 18.4 Å². The highest BCUT2D eigenvalue weighted by molar-refractivity contribution is 6.09. The highest BCUT2D eigenvalue weighted by Gasteiger charge is 2.56. The van der Waals surface area contributed by atoms with Gasteiger partial charge in [-0.25, -0.2) is 9.78 Å². The Labute approximate surface area is 188 Å². The van der Waals surface area contributed by atoms with Crippen molar-refractivity contribution >= 4 is 17.8 Å². The number of hydrogen-bond acceptors (Lipinski definition) is 4. The lowest BCUT2D eigenvalue weighted by atomic mass is 9.64.